The number of likely N-dealkylation sites (tertiary alicyclic amines) is 1. The van der Waals surface area contributed by atoms with E-state index in [1.54, 1.807) is 6.92 Å². The topological polar surface area (TPSA) is 20.3 Å². The lowest BCUT2D eigenvalue weighted by molar-refractivity contribution is -0.118. The number of unbranched alkanes of at least 4 members (excludes halogenated alkanes) is 7. The number of ketones is 1. The average molecular weight is 267 g/mol. The third-order valence-electron chi connectivity index (χ3n) is 4.32. The van der Waals surface area contributed by atoms with E-state index in [4.69, 9.17) is 0 Å². The summed E-state index contributed by atoms with van der Waals surface area (Å²) in [7, 11) is 0. The molecule has 19 heavy (non-hydrogen) atoms. The Bertz CT molecular complexity index is 239. The van der Waals surface area contributed by atoms with E-state index in [1.165, 1.54) is 77.3 Å². The standard InChI is InChI=1S/C17H33NO/c1-3-4-5-6-7-8-9-10-13-18-14-11-12-17(18)15-16(2)19/h17H,3-15H2,1-2H3. The van der Waals surface area contributed by atoms with Crippen LogP contribution in [0.5, 0.6) is 0 Å². The maximum absolute atomic E-state index is 11.2. The molecule has 1 aliphatic heterocycles. The first kappa shape index (κ1) is 16.7. The van der Waals surface area contributed by atoms with Gasteiger partial charge in [-0.3, -0.25) is 9.69 Å². The largest absolute Gasteiger partial charge is 0.300 e. The van der Waals surface area contributed by atoms with Crippen molar-refractivity contribution in [3.8, 4) is 0 Å². The zero-order valence-electron chi connectivity index (χ0n) is 13.1. The maximum Gasteiger partial charge on any atom is 0.131 e. The van der Waals surface area contributed by atoms with Crippen LogP contribution in [0.25, 0.3) is 0 Å². The molecule has 112 valence electrons. The second-order valence-electron chi connectivity index (χ2n) is 6.21. The van der Waals surface area contributed by atoms with E-state index in [-0.39, 0.29) is 0 Å². The Morgan fingerprint density at radius 1 is 1.05 bits per heavy atom. The first-order valence-electron chi connectivity index (χ1n) is 8.47. The molecule has 1 saturated heterocycles. The smallest absolute Gasteiger partial charge is 0.131 e. The van der Waals surface area contributed by atoms with Crippen LogP contribution in [0.15, 0.2) is 0 Å². The van der Waals surface area contributed by atoms with Gasteiger partial charge in [0, 0.05) is 12.5 Å². The molecule has 0 amide bonds. The van der Waals surface area contributed by atoms with Gasteiger partial charge < -0.3 is 0 Å². The molecule has 0 radical (unpaired) electrons. The third-order valence-corrected chi connectivity index (χ3v) is 4.32. The van der Waals surface area contributed by atoms with E-state index in [0.717, 1.165) is 6.42 Å². The summed E-state index contributed by atoms with van der Waals surface area (Å²) in [6, 6.07) is 0.557. The predicted molar refractivity (Wildman–Crippen MR) is 82.5 cm³/mol. The first-order chi connectivity index (χ1) is 9.24. The molecular weight excluding hydrogens is 234 g/mol. The molecule has 1 rings (SSSR count). The quantitative estimate of drug-likeness (QED) is 0.511. The Labute approximate surface area is 119 Å². The SMILES string of the molecule is CCCCCCCCCCN1CCCC1CC(C)=O. The zero-order valence-corrected chi connectivity index (χ0v) is 13.1. The van der Waals surface area contributed by atoms with Crippen LogP contribution >= 0.6 is 0 Å². The molecule has 0 aliphatic carbocycles. The van der Waals surface area contributed by atoms with Gasteiger partial charge in [0.05, 0.1) is 0 Å². The lowest BCUT2D eigenvalue weighted by atomic mass is 10.1. The van der Waals surface area contributed by atoms with Crippen molar-refractivity contribution < 1.29 is 4.79 Å². The van der Waals surface area contributed by atoms with Gasteiger partial charge in [-0.05, 0) is 39.3 Å². The van der Waals surface area contributed by atoms with Crippen molar-refractivity contribution in [3.05, 3.63) is 0 Å². The molecule has 1 fully saturated rings. The Kier molecular flexibility index (Phi) is 9.15. The van der Waals surface area contributed by atoms with Crippen molar-refractivity contribution in [1.82, 2.24) is 4.90 Å². The van der Waals surface area contributed by atoms with Gasteiger partial charge in [-0.2, -0.15) is 0 Å². The molecule has 1 heterocycles. The minimum atomic E-state index is 0.354. The lowest BCUT2D eigenvalue weighted by Crippen LogP contribution is -2.31. The van der Waals surface area contributed by atoms with E-state index in [9.17, 15) is 4.79 Å². The normalized spacial score (nSPS) is 20.0. The predicted octanol–water partition coefficient (Wildman–Crippen LogP) is 4.57. The van der Waals surface area contributed by atoms with Crippen LogP contribution in [0.3, 0.4) is 0 Å². The summed E-state index contributed by atoms with van der Waals surface area (Å²) in [5, 5.41) is 0. The first-order valence-corrected chi connectivity index (χ1v) is 8.47. The van der Waals surface area contributed by atoms with Gasteiger partial charge in [0.15, 0.2) is 0 Å². The zero-order chi connectivity index (χ0) is 13.9. The van der Waals surface area contributed by atoms with Crippen LogP contribution in [0.1, 0.15) is 84.5 Å². The van der Waals surface area contributed by atoms with Crippen molar-refractivity contribution in [2.75, 3.05) is 13.1 Å². The molecule has 0 aromatic heterocycles. The van der Waals surface area contributed by atoms with E-state index in [2.05, 4.69) is 11.8 Å². The third kappa shape index (κ3) is 7.71. The Balaban J connectivity index is 1.97. The van der Waals surface area contributed by atoms with Gasteiger partial charge in [0.2, 0.25) is 0 Å². The summed E-state index contributed by atoms with van der Waals surface area (Å²) in [6.07, 6.45) is 14.4. The molecule has 1 aliphatic rings. The molecule has 0 aromatic rings. The molecule has 0 N–H and O–H groups in total. The van der Waals surface area contributed by atoms with E-state index < -0.39 is 0 Å². The monoisotopic (exact) mass is 267 g/mol. The highest BCUT2D eigenvalue weighted by atomic mass is 16.1. The summed E-state index contributed by atoms with van der Waals surface area (Å²) in [6.45, 7) is 6.43. The minimum Gasteiger partial charge on any atom is -0.300 e. The number of carbonyl (C=O) groups is 1. The number of nitrogens with zero attached hydrogens (tertiary/aromatic N) is 1. The number of hydrogen-bond donors (Lipinski definition) is 0. The number of carbonyl (C=O) groups excluding carboxylic acids is 1. The lowest BCUT2D eigenvalue weighted by Gasteiger charge is -2.23. The number of hydrogen-bond acceptors (Lipinski definition) is 2. The summed E-state index contributed by atoms with van der Waals surface area (Å²) in [4.78, 5) is 13.8. The van der Waals surface area contributed by atoms with Gasteiger partial charge in [-0.15, -0.1) is 0 Å². The minimum absolute atomic E-state index is 0.354. The van der Waals surface area contributed by atoms with Gasteiger partial charge in [0.1, 0.15) is 5.78 Å². The number of Topliss-reactive ketones (excluding diaryl/α,β-unsaturated/α-hetero) is 1. The van der Waals surface area contributed by atoms with E-state index in [0.29, 0.717) is 11.8 Å². The summed E-state index contributed by atoms with van der Waals surface area (Å²) in [5.41, 5.74) is 0. The molecule has 0 aromatic carbocycles. The second-order valence-corrected chi connectivity index (χ2v) is 6.21. The van der Waals surface area contributed by atoms with Crippen molar-refractivity contribution >= 4 is 5.78 Å². The van der Waals surface area contributed by atoms with Crippen LogP contribution in [0, 0.1) is 0 Å². The van der Waals surface area contributed by atoms with E-state index >= 15 is 0 Å². The van der Waals surface area contributed by atoms with Crippen LogP contribution in [-0.4, -0.2) is 29.8 Å². The Morgan fingerprint density at radius 2 is 1.68 bits per heavy atom. The van der Waals surface area contributed by atoms with Gasteiger partial charge in [-0.1, -0.05) is 51.9 Å². The molecule has 0 spiro atoms. The Morgan fingerprint density at radius 3 is 2.32 bits per heavy atom. The molecular formula is C17H33NO. The van der Waals surface area contributed by atoms with Crippen LogP contribution in [0.2, 0.25) is 0 Å². The summed E-state index contributed by atoms with van der Waals surface area (Å²) >= 11 is 0. The highest BCUT2D eigenvalue weighted by Crippen LogP contribution is 2.21. The second kappa shape index (κ2) is 10.4. The van der Waals surface area contributed by atoms with E-state index in [1.807, 2.05) is 0 Å². The van der Waals surface area contributed by atoms with Crippen LogP contribution in [-0.2, 0) is 4.79 Å². The molecule has 0 bridgehead atoms. The van der Waals surface area contributed by atoms with Crippen LogP contribution < -0.4 is 0 Å². The fourth-order valence-corrected chi connectivity index (χ4v) is 3.20. The molecule has 1 atom stereocenters. The van der Waals surface area contributed by atoms with Crippen molar-refractivity contribution in [2.24, 2.45) is 0 Å². The summed E-state index contributed by atoms with van der Waals surface area (Å²) in [5.74, 6) is 0.354. The molecule has 2 heteroatoms. The van der Waals surface area contributed by atoms with Crippen molar-refractivity contribution in [1.29, 1.82) is 0 Å². The van der Waals surface area contributed by atoms with Gasteiger partial charge >= 0.3 is 0 Å². The van der Waals surface area contributed by atoms with Crippen molar-refractivity contribution in [3.63, 3.8) is 0 Å². The van der Waals surface area contributed by atoms with Crippen LogP contribution in [0.4, 0.5) is 0 Å². The Hall–Kier alpha value is -0.370. The molecule has 2 nitrogen and oxygen atoms in total. The fraction of sp³-hybridized carbons (Fsp3) is 0.941. The highest BCUT2D eigenvalue weighted by molar-refractivity contribution is 5.76. The maximum atomic E-state index is 11.2. The average Bonchev–Trinajstić information content (AvgIpc) is 2.79. The summed E-state index contributed by atoms with van der Waals surface area (Å²) < 4.78 is 0. The molecule has 1 unspecified atom stereocenters. The van der Waals surface area contributed by atoms with Gasteiger partial charge in [0.25, 0.3) is 0 Å². The highest BCUT2D eigenvalue weighted by Gasteiger charge is 2.24. The number of rotatable bonds is 11. The molecule has 0 saturated carbocycles. The fourth-order valence-electron chi connectivity index (χ4n) is 3.20. The van der Waals surface area contributed by atoms with Gasteiger partial charge in [-0.25, -0.2) is 0 Å². The van der Waals surface area contributed by atoms with Crippen molar-refractivity contribution in [2.45, 2.75) is 90.5 Å².